The summed E-state index contributed by atoms with van der Waals surface area (Å²) in [7, 11) is 0. The van der Waals surface area contributed by atoms with Gasteiger partial charge in [0.15, 0.2) is 27.8 Å². The van der Waals surface area contributed by atoms with Crippen LogP contribution in [0.5, 0.6) is 23.0 Å². The predicted octanol–water partition coefficient (Wildman–Crippen LogP) is 3.69. The van der Waals surface area contributed by atoms with Crippen LogP contribution in [0.2, 0.25) is 5.02 Å². The molecular weight excluding hydrogens is 532 g/mol. The molecule has 0 fully saturated rings. The molecule has 0 saturated carbocycles. The number of carbonyl (C=O) groups is 1. The van der Waals surface area contributed by atoms with Gasteiger partial charge in [-0.05, 0) is 48.7 Å². The number of aromatic nitrogens is 1. The smallest absolute Gasteiger partial charge is 0.338 e. The van der Waals surface area contributed by atoms with Crippen LogP contribution < -0.4 is 33.8 Å². The highest BCUT2D eigenvalue weighted by atomic mass is 35.5. The molecule has 9 nitrogen and oxygen atoms in total. The van der Waals surface area contributed by atoms with Crippen LogP contribution >= 0.6 is 22.9 Å². The summed E-state index contributed by atoms with van der Waals surface area (Å²) in [6.07, 6.45) is 3.02. The Labute approximate surface area is 226 Å². The first kappa shape index (κ1) is 24.6. The lowest BCUT2D eigenvalue weighted by Gasteiger charge is -2.25. The fourth-order valence-corrected chi connectivity index (χ4v) is 5.92. The molecule has 1 atom stereocenters. The predicted molar refractivity (Wildman–Crippen MR) is 140 cm³/mol. The molecule has 1 unspecified atom stereocenters. The number of carbonyl (C=O) groups excluding carboxylic acids is 1. The van der Waals surface area contributed by atoms with Crippen molar-refractivity contribution in [3.63, 3.8) is 0 Å². The third kappa shape index (κ3) is 4.13. The highest BCUT2D eigenvalue weighted by Gasteiger charge is 2.35. The summed E-state index contributed by atoms with van der Waals surface area (Å²) in [6.45, 7) is 4.18. The van der Waals surface area contributed by atoms with Gasteiger partial charge in [0.25, 0.3) is 5.56 Å². The van der Waals surface area contributed by atoms with Gasteiger partial charge in [0, 0.05) is 6.07 Å². The van der Waals surface area contributed by atoms with Crippen LogP contribution in [0.25, 0.3) is 6.08 Å². The van der Waals surface area contributed by atoms with Gasteiger partial charge in [-0.1, -0.05) is 42.3 Å². The summed E-state index contributed by atoms with van der Waals surface area (Å²) in [5, 5.41) is 0.422. The average molecular weight is 555 g/mol. The largest absolute Gasteiger partial charge is 0.463 e. The van der Waals surface area contributed by atoms with Crippen molar-refractivity contribution in [2.24, 2.45) is 4.99 Å². The Bertz CT molecular complexity index is 1670. The van der Waals surface area contributed by atoms with E-state index in [-0.39, 0.29) is 25.8 Å². The Morgan fingerprint density at radius 2 is 1.82 bits per heavy atom. The van der Waals surface area contributed by atoms with E-state index in [1.165, 1.54) is 11.3 Å². The highest BCUT2D eigenvalue weighted by Crippen LogP contribution is 2.39. The molecule has 0 bridgehead atoms. The van der Waals surface area contributed by atoms with Crippen LogP contribution in [-0.4, -0.2) is 30.7 Å². The van der Waals surface area contributed by atoms with Crippen LogP contribution in [0.1, 0.15) is 43.9 Å². The Balaban J connectivity index is 1.57. The number of ether oxygens (including phenoxy) is 5. The number of hydrogen-bond donors (Lipinski definition) is 0. The van der Waals surface area contributed by atoms with Crippen molar-refractivity contribution in [3.05, 3.63) is 77.4 Å². The molecule has 196 valence electrons. The minimum absolute atomic E-state index is 0.111. The van der Waals surface area contributed by atoms with Crippen LogP contribution in [-0.2, 0) is 9.53 Å². The number of fused-ring (bicyclic) bond motifs is 3. The van der Waals surface area contributed by atoms with Crippen molar-refractivity contribution >= 4 is 35.0 Å². The number of benzene rings is 2. The minimum atomic E-state index is -0.754. The third-order valence-electron chi connectivity index (χ3n) is 6.38. The fraction of sp³-hybridized carbons (Fsp3) is 0.296. The molecule has 38 heavy (non-hydrogen) atoms. The van der Waals surface area contributed by atoms with Crippen molar-refractivity contribution in [1.29, 1.82) is 0 Å². The normalized spacial score (nSPS) is 17.4. The monoisotopic (exact) mass is 554 g/mol. The molecule has 0 spiro atoms. The second-order valence-electron chi connectivity index (χ2n) is 8.75. The van der Waals surface area contributed by atoms with Crippen LogP contribution in [0.4, 0.5) is 0 Å². The molecule has 3 aliphatic rings. The number of hydrogen-bond acceptors (Lipinski definition) is 9. The lowest BCUT2D eigenvalue weighted by atomic mass is 9.94. The van der Waals surface area contributed by atoms with E-state index in [0.717, 1.165) is 6.42 Å². The van der Waals surface area contributed by atoms with Gasteiger partial charge in [-0.25, -0.2) is 9.79 Å². The van der Waals surface area contributed by atoms with Gasteiger partial charge >= 0.3 is 5.97 Å². The number of thiazole rings is 1. The van der Waals surface area contributed by atoms with Crippen molar-refractivity contribution in [3.8, 4) is 23.0 Å². The Kier molecular flexibility index (Phi) is 6.37. The molecule has 0 radical (unpaired) electrons. The molecule has 3 aliphatic heterocycles. The summed E-state index contributed by atoms with van der Waals surface area (Å²) < 4.78 is 29.3. The zero-order chi connectivity index (χ0) is 26.4. The molecule has 3 aromatic rings. The molecule has 0 aliphatic carbocycles. The van der Waals surface area contributed by atoms with E-state index in [4.69, 9.17) is 40.3 Å². The molecule has 0 amide bonds. The van der Waals surface area contributed by atoms with E-state index in [2.05, 4.69) is 0 Å². The first-order valence-corrected chi connectivity index (χ1v) is 13.4. The number of nitrogens with zero attached hydrogens (tertiary/aromatic N) is 2. The molecule has 2 aromatic carbocycles. The summed E-state index contributed by atoms with van der Waals surface area (Å²) in [5.74, 6) is 1.76. The van der Waals surface area contributed by atoms with Gasteiger partial charge in [0.2, 0.25) is 13.6 Å². The van der Waals surface area contributed by atoms with Gasteiger partial charge in [0.1, 0.15) is 0 Å². The van der Waals surface area contributed by atoms with Crippen molar-refractivity contribution in [1.82, 2.24) is 4.57 Å². The van der Waals surface area contributed by atoms with Crippen molar-refractivity contribution in [2.75, 3.05) is 20.2 Å². The topological polar surface area (TPSA) is 97.6 Å². The second kappa shape index (κ2) is 9.85. The third-order valence-corrected chi connectivity index (χ3v) is 7.69. The number of rotatable bonds is 6. The molecular formula is C27H23ClN2O7S. The molecule has 0 saturated heterocycles. The van der Waals surface area contributed by atoms with E-state index < -0.39 is 12.0 Å². The average Bonchev–Trinajstić information content (AvgIpc) is 3.62. The lowest BCUT2D eigenvalue weighted by molar-refractivity contribution is -0.139. The molecule has 6 rings (SSSR count). The Morgan fingerprint density at radius 3 is 2.55 bits per heavy atom. The van der Waals surface area contributed by atoms with E-state index in [9.17, 15) is 9.59 Å². The summed E-state index contributed by atoms with van der Waals surface area (Å²) >= 11 is 7.72. The molecule has 1 aromatic heterocycles. The van der Waals surface area contributed by atoms with Gasteiger partial charge in [-0.2, -0.15) is 0 Å². The van der Waals surface area contributed by atoms with Gasteiger partial charge in [-0.15, -0.1) is 0 Å². The SMILES string of the molecule is CCCC1=C(C(=O)OCC)C(c2ccc3c(c2)OCO3)n2c(s/c(=C/c3cc4c(cc3Cl)OCO4)c2=O)=N1. The quantitative estimate of drug-likeness (QED) is 0.429. The summed E-state index contributed by atoms with van der Waals surface area (Å²) in [5.41, 5.74) is 1.94. The zero-order valence-corrected chi connectivity index (χ0v) is 22.2. The number of allylic oxidation sites excluding steroid dienone is 1. The molecule has 4 heterocycles. The summed E-state index contributed by atoms with van der Waals surface area (Å²) in [6, 6.07) is 8.06. The number of esters is 1. The zero-order valence-electron chi connectivity index (χ0n) is 20.6. The molecule has 0 N–H and O–H groups in total. The van der Waals surface area contributed by atoms with Gasteiger partial charge in [-0.3, -0.25) is 9.36 Å². The fourth-order valence-electron chi connectivity index (χ4n) is 4.70. The lowest BCUT2D eigenvalue weighted by Crippen LogP contribution is -2.40. The van der Waals surface area contributed by atoms with Crippen molar-refractivity contribution in [2.45, 2.75) is 32.7 Å². The Morgan fingerprint density at radius 1 is 1.11 bits per heavy atom. The van der Waals surface area contributed by atoms with Crippen LogP contribution in [0.15, 0.2) is 51.4 Å². The second-order valence-corrected chi connectivity index (χ2v) is 10.2. The molecule has 11 heteroatoms. The maximum Gasteiger partial charge on any atom is 0.338 e. The minimum Gasteiger partial charge on any atom is -0.463 e. The van der Waals surface area contributed by atoms with Crippen molar-refractivity contribution < 1.29 is 28.5 Å². The van der Waals surface area contributed by atoms with Crippen LogP contribution in [0.3, 0.4) is 0 Å². The first-order chi connectivity index (χ1) is 18.5. The van der Waals surface area contributed by atoms with Gasteiger partial charge < -0.3 is 23.7 Å². The van der Waals surface area contributed by atoms with E-state index in [1.54, 1.807) is 41.8 Å². The first-order valence-electron chi connectivity index (χ1n) is 12.2. The van der Waals surface area contributed by atoms with Crippen LogP contribution in [0, 0.1) is 0 Å². The van der Waals surface area contributed by atoms with Gasteiger partial charge in [0.05, 0.1) is 33.5 Å². The van der Waals surface area contributed by atoms with E-state index >= 15 is 0 Å². The van der Waals surface area contributed by atoms with E-state index in [0.29, 0.717) is 66.2 Å². The highest BCUT2D eigenvalue weighted by molar-refractivity contribution is 7.07. The standard InChI is InChI=1S/C27H23ClN2O7S/c1-3-5-17-23(26(32)33-4-2)24(14-6-7-18-19(8-14)35-12-34-18)30-25(31)22(38-27(30)29-17)10-15-9-20-21(11-16(15)28)37-13-36-20/h6-11,24H,3-5,12-13H2,1-2H3/b22-10+. The maximum absolute atomic E-state index is 13.9. The summed E-state index contributed by atoms with van der Waals surface area (Å²) in [4.78, 5) is 32.5. The van der Waals surface area contributed by atoms with E-state index in [1.807, 2.05) is 13.0 Å². The maximum atomic E-state index is 13.9. The number of halogens is 1. The Hall–Kier alpha value is -3.76.